The van der Waals surface area contributed by atoms with Crippen LogP contribution < -0.4 is 16.4 Å². The fourth-order valence-corrected chi connectivity index (χ4v) is 2.88. The molecular formula is C20H20N4O3. The number of carbonyl (C=O) groups excluding carboxylic acids is 2. The molecule has 2 aromatic carbocycles. The third-order valence-electron chi connectivity index (χ3n) is 4.35. The lowest BCUT2D eigenvalue weighted by atomic mass is 9.98. The Kier molecular flexibility index (Phi) is 5.30. The Bertz CT molecular complexity index is 1040. The Morgan fingerprint density at radius 3 is 2.33 bits per heavy atom. The van der Waals surface area contributed by atoms with Gasteiger partial charge in [0, 0.05) is 18.9 Å². The Labute approximate surface area is 156 Å². The zero-order chi connectivity index (χ0) is 19.4. The average molecular weight is 364 g/mol. The van der Waals surface area contributed by atoms with E-state index in [4.69, 9.17) is 0 Å². The second-order valence-electron chi connectivity index (χ2n) is 6.34. The van der Waals surface area contributed by atoms with E-state index in [0.29, 0.717) is 10.8 Å². The number of nitrogens with one attached hydrogen (secondary N) is 2. The molecule has 0 saturated carbocycles. The normalized spacial score (nSPS) is 11.8. The van der Waals surface area contributed by atoms with Crippen molar-refractivity contribution in [1.82, 2.24) is 20.6 Å². The van der Waals surface area contributed by atoms with E-state index in [2.05, 4.69) is 16.0 Å². The van der Waals surface area contributed by atoms with E-state index in [1.54, 1.807) is 24.3 Å². The van der Waals surface area contributed by atoms with E-state index >= 15 is 0 Å². The highest BCUT2D eigenvalue weighted by molar-refractivity contribution is 6.05. The number of nitrogens with zero attached hydrogens (tertiary/aromatic N) is 2. The Hall–Kier alpha value is -3.48. The van der Waals surface area contributed by atoms with Crippen LogP contribution in [0.25, 0.3) is 10.8 Å². The van der Waals surface area contributed by atoms with Crippen LogP contribution in [0.1, 0.15) is 35.3 Å². The highest BCUT2D eigenvalue weighted by Gasteiger charge is 2.17. The number of hydrogen-bond acceptors (Lipinski definition) is 4. The number of hydrazine groups is 1. The smallest absolute Gasteiger partial charge is 0.273 e. The van der Waals surface area contributed by atoms with Crippen LogP contribution in [0.5, 0.6) is 0 Å². The van der Waals surface area contributed by atoms with Crippen molar-refractivity contribution in [2.24, 2.45) is 7.05 Å². The van der Waals surface area contributed by atoms with Gasteiger partial charge in [0.2, 0.25) is 5.91 Å². The van der Waals surface area contributed by atoms with Crippen molar-refractivity contribution in [2.75, 3.05) is 0 Å². The molecule has 0 radical (unpaired) electrons. The third kappa shape index (κ3) is 4.03. The van der Waals surface area contributed by atoms with Crippen LogP contribution in [-0.2, 0) is 11.8 Å². The molecule has 0 saturated heterocycles. The van der Waals surface area contributed by atoms with E-state index in [-0.39, 0.29) is 29.5 Å². The molecule has 0 bridgehead atoms. The van der Waals surface area contributed by atoms with Crippen molar-refractivity contribution < 1.29 is 9.59 Å². The summed E-state index contributed by atoms with van der Waals surface area (Å²) < 4.78 is 1.11. The minimum atomic E-state index is -0.581. The standard InChI is InChI=1S/C20H20N4O3/c1-13(14-8-4-3-5-9-14)12-17(25)21-22-19(26)18-15-10-6-7-11-16(15)20(27)24(2)23-18/h3-11,13H,12H2,1-2H3,(H,21,25)(H,22,26)/t13-/m1/s1. The number of aromatic nitrogens is 2. The predicted molar refractivity (Wildman–Crippen MR) is 102 cm³/mol. The van der Waals surface area contributed by atoms with Gasteiger partial charge in [-0.3, -0.25) is 25.2 Å². The van der Waals surface area contributed by atoms with Crippen molar-refractivity contribution in [2.45, 2.75) is 19.3 Å². The van der Waals surface area contributed by atoms with Crippen molar-refractivity contribution in [1.29, 1.82) is 0 Å². The molecule has 2 amide bonds. The van der Waals surface area contributed by atoms with E-state index in [9.17, 15) is 14.4 Å². The summed E-state index contributed by atoms with van der Waals surface area (Å²) >= 11 is 0. The summed E-state index contributed by atoms with van der Waals surface area (Å²) in [6.45, 7) is 1.94. The lowest BCUT2D eigenvalue weighted by Crippen LogP contribution is -2.43. The van der Waals surface area contributed by atoms with Crippen LogP contribution in [0.3, 0.4) is 0 Å². The summed E-state index contributed by atoms with van der Waals surface area (Å²) in [6, 6.07) is 16.4. The molecule has 0 aliphatic heterocycles. The Morgan fingerprint density at radius 2 is 1.63 bits per heavy atom. The molecule has 27 heavy (non-hydrogen) atoms. The fourth-order valence-electron chi connectivity index (χ4n) is 2.88. The Morgan fingerprint density at radius 1 is 1.00 bits per heavy atom. The third-order valence-corrected chi connectivity index (χ3v) is 4.35. The van der Waals surface area contributed by atoms with Gasteiger partial charge < -0.3 is 0 Å². The van der Waals surface area contributed by atoms with Gasteiger partial charge >= 0.3 is 0 Å². The van der Waals surface area contributed by atoms with Crippen molar-refractivity contribution >= 4 is 22.6 Å². The van der Waals surface area contributed by atoms with E-state index in [0.717, 1.165) is 10.2 Å². The molecule has 0 aliphatic carbocycles. The first-order valence-corrected chi connectivity index (χ1v) is 8.57. The number of carbonyl (C=O) groups is 2. The van der Waals surface area contributed by atoms with Crippen LogP contribution in [0.2, 0.25) is 0 Å². The highest BCUT2D eigenvalue weighted by atomic mass is 16.2. The zero-order valence-corrected chi connectivity index (χ0v) is 15.1. The quantitative estimate of drug-likeness (QED) is 0.692. The summed E-state index contributed by atoms with van der Waals surface area (Å²) in [6.07, 6.45) is 0.228. The number of aryl methyl sites for hydroxylation is 1. The maximum atomic E-state index is 12.5. The zero-order valence-electron chi connectivity index (χ0n) is 15.1. The number of benzene rings is 2. The Balaban J connectivity index is 1.70. The molecule has 2 N–H and O–H groups in total. The molecule has 138 valence electrons. The number of hydrogen-bond donors (Lipinski definition) is 2. The van der Waals surface area contributed by atoms with Crippen molar-refractivity contribution in [3.05, 3.63) is 76.2 Å². The van der Waals surface area contributed by atoms with Crippen molar-refractivity contribution in [3.8, 4) is 0 Å². The first kappa shape index (κ1) is 18.3. The van der Waals surface area contributed by atoms with Gasteiger partial charge in [0.25, 0.3) is 11.5 Å². The van der Waals surface area contributed by atoms with Gasteiger partial charge in [-0.1, -0.05) is 55.5 Å². The van der Waals surface area contributed by atoms with Gasteiger partial charge in [-0.05, 0) is 17.5 Å². The minimum Gasteiger partial charge on any atom is -0.273 e. The molecule has 0 spiro atoms. The molecule has 0 aliphatic rings. The molecule has 1 heterocycles. The lowest BCUT2D eigenvalue weighted by Gasteiger charge is -2.13. The molecule has 1 atom stereocenters. The first-order chi connectivity index (χ1) is 13.0. The maximum absolute atomic E-state index is 12.5. The number of fused-ring (bicyclic) bond motifs is 1. The van der Waals surface area contributed by atoms with Gasteiger partial charge in [0.1, 0.15) is 0 Å². The second kappa shape index (κ2) is 7.82. The van der Waals surface area contributed by atoms with E-state index < -0.39 is 5.91 Å². The maximum Gasteiger partial charge on any atom is 0.290 e. The van der Waals surface area contributed by atoms with E-state index in [1.165, 1.54) is 7.05 Å². The molecule has 1 aromatic heterocycles. The molecule has 0 unspecified atom stereocenters. The van der Waals surface area contributed by atoms with Gasteiger partial charge in [0.05, 0.1) is 5.39 Å². The molecule has 3 aromatic rings. The van der Waals surface area contributed by atoms with Gasteiger partial charge in [-0.2, -0.15) is 5.10 Å². The number of amides is 2. The van der Waals surface area contributed by atoms with Crippen LogP contribution in [-0.4, -0.2) is 21.6 Å². The molecule has 7 nitrogen and oxygen atoms in total. The van der Waals surface area contributed by atoms with Gasteiger partial charge in [-0.15, -0.1) is 0 Å². The summed E-state index contributed by atoms with van der Waals surface area (Å²) in [5.74, 6) is -0.879. The summed E-state index contributed by atoms with van der Waals surface area (Å²) in [4.78, 5) is 36.7. The van der Waals surface area contributed by atoms with Crippen molar-refractivity contribution in [3.63, 3.8) is 0 Å². The monoisotopic (exact) mass is 364 g/mol. The molecule has 0 fully saturated rings. The topological polar surface area (TPSA) is 93.1 Å². The first-order valence-electron chi connectivity index (χ1n) is 8.57. The van der Waals surface area contributed by atoms with Crippen LogP contribution in [0, 0.1) is 0 Å². The average Bonchev–Trinajstić information content (AvgIpc) is 2.69. The van der Waals surface area contributed by atoms with Crippen LogP contribution in [0.15, 0.2) is 59.4 Å². The highest BCUT2D eigenvalue weighted by Crippen LogP contribution is 2.18. The largest absolute Gasteiger partial charge is 0.290 e. The van der Waals surface area contributed by atoms with E-state index in [1.807, 2.05) is 37.3 Å². The fraction of sp³-hybridized carbons (Fsp3) is 0.200. The molecule has 3 rings (SSSR count). The van der Waals surface area contributed by atoms with Gasteiger partial charge in [0.15, 0.2) is 5.69 Å². The van der Waals surface area contributed by atoms with Crippen LogP contribution in [0.4, 0.5) is 0 Å². The summed E-state index contributed by atoms with van der Waals surface area (Å²) in [7, 11) is 1.48. The summed E-state index contributed by atoms with van der Waals surface area (Å²) in [5.41, 5.74) is 5.62. The summed E-state index contributed by atoms with van der Waals surface area (Å²) in [5, 5.41) is 4.86. The molecular weight excluding hydrogens is 344 g/mol. The van der Waals surface area contributed by atoms with Crippen LogP contribution >= 0.6 is 0 Å². The second-order valence-corrected chi connectivity index (χ2v) is 6.34. The lowest BCUT2D eigenvalue weighted by molar-refractivity contribution is -0.122. The SMILES string of the molecule is C[C@H](CC(=O)NNC(=O)c1nn(C)c(=O)c2ccccc12)c1ccccc1. The predicted octanol–water partition coefficient (Wildman–Crippen LogP) is 1.89. The van der Waals surface area contributed by atoms with Gasteiger partial charge in [-0.25, -0.2) is 4.68 Å². The molecule has 7 heteroatoms. The number of rotatable bonds is 4. The minimum absolute atomic E-state index is 0.0135.